The van der Waals surface area contributed by atoms with Gasteiger partial charge < -0.3 is 5.73 Å². The lowest BCUT2D eigenvalue weighted by Gasteiger charge is -2.12. The smallest absolute Gasteiger partial charge is 0.260 e. The lowest BCUT2D eigenvalue weighted by atomic mass is 10.3. The van der Waals surface area contributed by atoms with Crippen molar-refractivity contribution in [3.8, 4) is 0 Å². The van der Waals surface area contributed by atoms with Gasteiger partial charge in [0.25, 0.3) is 10.0 Å². The Bertz CT molecular complexity index is 484. The molecular weight excluding hydrogens is 272 g/mol. The minimum absolute atomic E-state index is 0.0125. The molecule has 1 unspecified atom stereocenters. The van der Waals surface area contributed by atoms with E-state index in [1.165, 1.54) is 0 Å². The minimum atomic E-state index is -3.59. The van der Waals surface area contributed by atoms with E-state index in [0.29, 0.717) is 11.3 Å². The van der Waals surface area contributed by atoms with Crippen molar-refractivity contribution in [2.75, 3.05) is 12.0 Å². The number of thioether (sulfide) groups is 1. The molecule has 1 heterocycles. The van der Waals surface area contributed by atoms with Gasteiger partial charge in [0.2, 0.25) is 0 Å². The maximum atomic E-state index is 12.1. The summed E-state index contributed by atoms with van der Waals surface area (Å²) in [5.41, 5.74) is 6.78. The van der Waals surface area contributed by atoms with Crippen LogP contribution in [0.3, 0.4) is 0 Å². The molecule has 1 aromatic heterocycles. The topological polar surface area (TPSA) is 101 Å². The molecular formula is C10H20N4O2S2. The van der Waals surface area contributed by atoms with Gasteiger partial charge in [0.1, 0.15) is 0 Å². The molecule has 1 aromatic rings. The van der Waals surface area contributed by atoms with Crippen LogP contribution in [-0.2, 0) is 16.6 Å². The van der Waals surface area contributed by atoms with Crippen molar-refractivity contribution < 1.29 is 8.42 Å². The average molecular weight is 292 g/mol. The van der Waals surface area contributed by atoms with E-state index in [1.807, 2.05) is 13.2 Å². The van der Waals surface area contributed by atoms with E-state index in [4.69, 9.17) is 5.73 Å². The second-order valence-corrected chi connectivity index (χ2v) is 6.76. The van der Waals surface area contributed by atoms with Crippen molar-refractivity contribution in [2.45, 2.75) is 37.9 Å². The molecule has 0 saturated carbocycles. The summed E-state index contributed by atoms with van der Waals surface area (Å²) in [6.45, 7) is 3.75. The lowest BCUT2D eigenvalue weighted by Crippen LogP contribution is -2.34. The molecule has 18 heavy (non-hydrogen) atoms. The van der Waals surface area contributed by atoms with Crippen LogP contribution in [0, 0.1) is 6.92 Å². The first kappa shape index (κ1) is 15.5. The number of aromatic amines is 1. The number of H-pyrrole nitrogens is 1. The van der Waals surface area contributed by atoms with E-state index in [1.54, 1.807) is 18.7 Å². The molecule has 6 nitrogen and oxygen atoms in total. The summed E-state index contributed by atoms with van der Waals surface area (Å²) in [5.74, 6) is 0.910. The molecule has 0 fully saturated rings. The molecule has 0 amide bonds. The van der Waals surface area contributed by atoms with E-state index >= 15 is 0 Å². The number of aryl methyl sites for hydroxylation is 1. The van der Waals surface area contributed by atoms with Crippen molar-refractivity contribution >= 4 is 21.8 Å². The molecule has 4 N–H and O–H groups in total. The highest BCUT2D eigenvalue weighted by Crippen LogP contribution is 2.16. The fourth-order valence-corrected chi connectivity index (χ4v) is 3.64. The van der Waals surface area contributed by atoms with Gasteiger partial charge in [0.15, 0.2) is 5.03 Å². The third-order valence-electron chi connectivity index (χ3n) is 2.61. The maximum absolute atomic E-state index is 12.1. The highest BCUT2D eigenvalue weighted by molar-refractivity contribution is 7.98. The number of nitrogens with one attached hydrogen (secondary N) is 2. The van der Waals surface area contributed by atoms with E-state index in [9.17, 15) is 8.42 Å². The van der Waals surface area contributed by atoms with Gasteiger partial charge in [-0.05, 0) is 32.3 Å². The largest absolute Gasteiger partial charge is 0.326 e. The first-order chi connectivity index (χ1) is 8.42. The van der Waals surface area contributed by atoms with E-state index in [2.05, 4.69) is 14.9 Å². The van der Waals surface area contributed by atoms with Gasteiger partial charge in [-0.15, -0.1) is 0 Å². The van der Waals surface area contributed by atoms with E-state index in [0.717, 1.165) is 12.2 Å². The van der Waals surface area contributed by atoms with Crippen LogP contribution in [0.2, 0.25) is 0 Å². The van der Waals surface area contributed by atoms with Gasteiger partial charge in [-0.25, -0.2) is 13.1 Å². The Morgan fingerprint density at radius 2 is 2.22 bits per heavy atom. The Labute approximate surface area is 112 Å². The molecule has 1 rings (SSSR count). The van der Waals surface area contributed by atoms with Crippen LogP contribution < -0.4 is 10.5 Å². The molecule has 104 valence electrons. The van der Waals surface area contributed by atoms with Gasteiger partial charge in [-0.2, -0.15) is 16.9 Å². The molecule has 0 radical (unpaired) electrons. The number of aromatic nitrogens is 2. The first-order valence-electron chi connectivity index (χ1n) is 5.67. The summed E-state index contributed by atoms with van der Waals surface area (Å²) in [6.07, 6.45) is 2.77. The predicted molar refractivity (Wildman–Crippen MR) is 74.0 cm³/mol. The summed E-state index contributed by atoms with van der Waals surface area (Å²) in [7, 11) is -3.59. The zero-order chi connectivity index (χ0) is 13.8. The van der Waals surface area contributed by atoms with Crippen molar-refractivity contribution in [3.05, 3.63) is 11.3 Å². The SMILES string of the molecule is CSCCC(C)NS(=O)(=O)c1n[nH]c(C)c1CN. The highest BCUT2D eigenvalue weighted by Gasteiger charge is 2.24. The molecule has 1 atom stereocenters. The van der Waals surface area contributed by atoms with E-state index in [-0.39, 0.29) is 17.6 Å². The van der Waals surface area contributed by atoms with Crippen LogP contribution >= 0.6 is 11.8 Å². The number of nitrogens with two attached hydrogens (primary N) is 1. The van der Waals surface area contributed by atoms with Gasteiger partial charge in [0.05, 0.1) is 0 Å². The van der Waals surface area contributed by atoms with Gasteiger partial charge in [0, 0.05) is 23.8 Å². The molecule has 0 bridgehead atoms. The predicted octanol–water partition coefficient (Wildman–Crippen LogP) is 0.597. The van der Waals surface area contributed by atoms with Crippen LogP contribution in [-0.4, -0.2) is 36.7 Å². The quantitative estimate of drug-likeness (QED) is 0.683. The molecule has 0 spiro atoms. The van der Waals surface area contributed by atoms with Gasteiger partial charge in [-0.3, -0.25) is 5.10 Å². The standard InChI is InChI=1S/C10H20N4O2S2/c1-7(4-5-17-3)14-18(15,16)10-9(6-11)8(2)12-13-10/h7,14H,4-6,11H2,1-3H3,(H,12,13). The Morgan fingerprint density at radius 3 is 2.78 bits per heavy atom. The second kappa shape index (κ2) is 6.55. The molecule has 8 heteroatoms. The summed E-state index contributed by atoms with van der Waals surface area (Å²) >= 11 is 1.69. The van der Waals surface area contributed by atoms with Gasteiger partial charge >= 0.3 is 0 Å². The monoisotopic (exact) mass is 292 g/mol. The fourth-order valence-electron chi connectivity index (χ4n) is 1.57. The van der Waals surface area contributed by atoms with Crippen molar-refractivity contribution in [1.29, 1.82) is 0 Å². The number of hydrogen-bond donors (Lipinski definition) is 3. The van der Waals surface area contributed by atoms with Crippen molar-refractivity contribution in [3.63, 3.8) is 0 Å². The van der Waals surface area contributed by atoms with Gasteiger partial charge in [-0.1, -0.05) is 0 Å². The zero-order valence-electron chi connectivity index (χ0n) is 10.9. The summed E-state index contributed by atoms with van der Waals surface area (Å²) < 4.78 is 26.9. The summed E-state index contributed by atoms with van der Waals surface area (Å²) in [5, 5.41) is 6.50. The van der Waals surface area contributed by atoms with Crippen molar-refractivity contribution in [2.24, 2.45) is 5.73 Å². The molecule has 0 aromatic carbocycles. The first-order valence-corrected chi connectivity index (χ1v) is 8.55. The third-order valence-corrected chi connectivity index (χ3v) is 4.81. The lowest BCUT2D eigenvalue weighted by molar-refractivity contribution is 0.552. The third kappa shape index (κ3) is 3.71. The Morgan fingerprint density at radius 1 is 1.56 bits per heavy atom. The number of sulfonamides is 1. The second-order valence-electron chi connectivity index (χ2n) is 4.14. The maximum Gasteiger partial charge on any atom is 0.260 e. The van der Waals surface area contributed by atoms with Crippen LogP contribution in [0.4, 0.5) is 0 Å². The summed E-state index contributed by atoms with van der Waals surface area (Å²) in [6, 6.07) is -0.120. The Hall–Kier alpha value is -0.570. The molecule has 0 aliphatic rings. The molecule has 0 saturated heterocycles. The summed E-state index contributed by atoms with van der Waals surface area (Å²) in [4.78, 5) is 0. The normalized spacial score (nSPS) is 13.8. The number of nitrogens with zero attached hydrogens (tertiary/aromatic N) is 1. The Kier molecular flexibility index (Phi) is 5.64. The number of rotatable bonds is 7. The zero-order valence-corrected chi connectivity index (χ0v) is 12.5. The van der Waals surface area contributed by atoms with Crippen LogP contribution in [0.25, 0.3) is 0 Å². The average Bonchev–Trinajstić information content (AvgIpc) is 2.67. The Balaban J connectivity index is 2.86. The van der Waals surface area contributed by atoms with Crippen LogP contribution in [0.1, 0.15) is 24.6 Å². The minimum Gasteiger partial charge on any atom is -0.326 e. The van der Waals surface area contributed by atoms with E-state index < -0.39 is 10.0 Å². The molecule has 0 aliphatic carbocycles. The van der Waals surface area contributed by atoms with Crippen LogP contribution in [0.15, 0.2) is 5.03 Å². The molecule has 0 aliphatic heterocycles. The fraction of sp³-hybridized carbons (Fsp3) is 0.700. The van der Waals surface area contributed by atoms with Crippen molar-refractivity contribution in [1.82, 2.24) is 14.9 Å². The highest BCUT2D eigenvalue weighted by atomic mass is 32.2. The number of hydrogen-bond acceptors (Lipinski definition) is 5. The van der Waals surface area contributed by atoms with Crippen LogP contribution in [0.5, 0.6) is 0 Å².